The summed E-state index contributed by atoms with van der Waals surface area (Å²) in [6.45, 7) is 11.3. The van der Waals surface area contributed by atoms with Gasteiger partial charge in [-0.05, 0) is 63.1 Å². The summed E-state index contributed by atoms with van der Waals surface area (Å²) in [5, 5.41) is 4.86. The Labute approximate surface area is 177 Å². The molecule has 1 aromatic heterocycles. The number of hydrogen-bond acceptors (Lipinski definition) is 7. The Kier molecular flexibility index (Phi) is 6.47. The van der Waals surface area contributed by atoms with Crippen molar-refractivity contribution in [2.24, 2.45) is 4.99 Å². The van der Waals surface area contributed by atoms with Crippen LogP contribution in [0, 0.1) is 13.8 Å². The zero-order chi connectivity index (χ0) is 20.2. The molecule has 2 unspecified atom stereocenters. The summed E-state index contributed by atoms with van der Waals surface area (Å²) in [5.74, 6) is 0.611. The molecular formula is C22H29N5OS. The van der Waals surface area contributed by atoms with E-state index in [2.05, 4.69) is 54.2 Å². The molecular weight excluding hydrogens is 382 g/mol. The molecule has 2 aliphatic rings. The second-order valence-electron chi connectivity index (χ2n) is 7.84. The first-order valence-corrected chi connectivity index (χ1v) is 11.2. The summed E-state index contributed by atoms with van der Waals surface area (Å²) in [7, 11) is 0. The quantitative estimate of drug-likeness (QED) is 0.780. The third kappa shape index (κ3) is 5.35. The Balaban J connectivity index is 1.39. The number of ether oxygens (including phenoxy) is 1. The van der Waals surface area contributed by atoms with Gasteiger partial charge in [0.15, 0.2) is 0 Å². The Morgan fingerprint density at radius 3 is 2.69 bits per heavy atom. The van der Waals surface area contributed by atoms with Crippen molar-refractivity contribution in [2.75, 3.05) is 38.2 Å². The summed E-state index contributed by atoms with van der Waals surface area (Å²) in [6, 6.07) is 8.63. The zero-order valence-corrected chi connectivity index (χ0v) is 18.2. The van der Waals surface area contributed by atoms with Crippen molar-refractivity contribution >= 4 is 28.4 Å². The molecule has 7 heteroatoms. The minimum atomic E-state index is 0.307. The number of rotatable bonds is 6. The van der Waals surface area contributed by atoms with Crippen molar-refractivity contribution < 1.29 is 4.74 Å². The maximum absolute atomic E-state index is 5.44. The Morgan fingerprint density at radius 1 is 1.17 bits per heavy atom. The van der Waals surface area contributed by atoms with Crippen LogP contribution < -0.4 is 5.32 Å². The number of morpholine rings is 1. The van der Waals surface area contributed by atoms with E-state index in [1.165, 1.54) is 11.1 Å². The van der Waals surface area contributed by atoms with Crippen molar-refractivity contribution in [3.63, 3.8) is 0 Å². The molecule has 2 aromatic rings. The van der Waals surface area contributed by atoms with E-state index < -0.39 is 0 Å². The van der Waals surface area contributed by atoms with Gasteiger partial charge in [0.05, 0.1) is 19.3 Å². The third-order valence-corrected chi connectivity index (χ3v) is 6.78. The van der Waals surface area contributed by atoms with Gasteiger partial charge in [-0.25, -0.2) is 9.97 Å². The molecule has 1 fully saturated rings. The second-order valence-corrected chi connectivity index (χ2v) is 9.07. The smallest absolute Gasteiger partial charge is 0.227 e. The number of anilines is 2. The van der Waals surface area contributed by atoms with Crippen LogP contribution in [0.4, 0.5) is 11.6 Å². The topological polar surface area (TPSA) is 62.6 Å². The van der Waals surface area contributed by atoms with Gasteiger partial charge >= 0.3 is 0 Å². The molecule has 0 spiro atoms. The number of aliphatic imine (C=N–C) groups is 1. The Bertz CT molecular complexity index is 861. The van der Waals surface area contributed by atoms with E-state index in [1.54, 1.807) is 0 Å². The lowest BCUT2D eigenvalue weighted by Crippen LogP contribution is -2.38. The maximum Gasteiger partial charge on any atom is 0.227 e. The second kappa shape index (κ2) is 9.24. The lowest BCUT2D eigenvalue weighted by molar-refractivity contribution is 0.0373. The van der Waals surface area contributed by atoms with Gasteiger partial charge in [-0.2, -0.15) is 0 Å². The van der Waals surface area contributed by atoms with Crippen molar-refractivity contribution in [1.29, 1.82) is 0 Å². The highest BCUT2D eigenvalue weighted by molar-refractivity contribution is 8.15. The predicted molar refractivity (Wildman–Crippen MR) is 120 cm³/mol. The first-order chi connectivity index (χ1) is 14.1. The lowest BCUT2D eigenvalue weighted by atomic mass is 10.1. The molecule has 0 bridgehead atoms. The molecule has 2 atom stereocenters. The molecule has 1 saturated heterocycles. The molecule has 1 aromatic carbocycles. The van der Waals surface area contributed by atoms with E-state index in [9.17, 15) is 0 Å². The largest absolute Gasteiger partial charge is 0.379 e. The molecule has 0 saturated carbocycles. The number of thioether (sulfide) groups is 1. The van der Waals surface area contributed by atoms with Gasteiger partial charge in [0, 0.05) is 30.2 Å². The molecule has 0 radical (unpaired) electrons. The number of nitrogens with zero attached hydrogens (tertiary/aromatic N) is 4. The van der Waals surface area contributed by atoms with Crippen LogP contribution in [0.1, 0.15) is 30.2 Å². The summed E-state index contributed by atoms with van der Waals surface area (Å²) in [6.07, 6.45) is 2.94. The number of benzene rings is 1. The van der Waals surface area contributed by atoms with Crippen LogP contribution >= 0.6 is 11.8 Å². The highest BCUT2D eigenvalue weighted by Gasteiger charge is 2.28. The Hall–Kier alpha value is -1.96. The monoisotopic (exact) mass is 411 g/mol. The van der Waals surface area contributed by atoms with E-state index in [-0.39, 0.29) is 0 Å². The Morgan fingerprint density at radius 2 is 1.93 bits per heavy atom. The molecule has 4 rings (SSSR count). The molecule has 2 aliphatic heterocycles. The highest BCUT2D eigenvalue weighted by atomic mass is 32.2. The van der Waals surface area contributed by atoms with Crippen molar-refractivity contribution in [2.45, 2.75) is 38.5 Å². The van der Waals surface area contributed by atoms with Crippen LogP contribution in [0.25, 0.3) is 0 Å². The van der Waals surface area contributed by atoms with Gasteiger partial charge in [-0.15, -0.1) is 0 Å². The molecule has 0 amide bonds. The van der Waals surface area contributed by atoms with E-state index in [0.717, 1.165) is 55.7 Å². The van der Waals surface area contributed by atoms with Crippen LogP contribution in [0.2, 0.25) is 0 Å². The van der Waals surface area contributed by atoms with E-state index >= 15 is 0 Å². The molecule has 6 nitrogen and oxygen atoms in total. The summed E-state index contributed by atoms with van der Waals surface area (Å²) >= 11 is 1.85. The van der Waals surface area contributed by atoms with Gasteiger partial charge in [0.1, 0.15) is 10.7 Å². The fourth-order valence-electron chi connectivity index (χ4n) is 3.82. The standard InChI is InChI=1S/C22H29N5OS/c1-15-12-16(2)14-18(13-15)25-22-23-6-4-19(26-22)21-24-17(3)20(29-21)5-7-27-8-10-28-11-9-27/h4,6,12-14,17,20H,5,7-11H2,1-3H3,(H,23,25,26). The zero-order valence-electron chi connectivity index (χ0n) is 17.4. The van der Waals surface area contributed by atoms with Gasteiger partial charge in [0.25, 0.3) is 0 Å². The lowest BCUT2D eigenvalue weighted by Gasteiger charge is -2.27. The number of hydrogen-bond donors (Lipinski definition) is 1. The average Bonchev–Trinajstić information content (AvgIpc) is 3.07. The van der Waals surface area contributed by atoms with E-state index in [0.29, 0.717) is 17.2 Å². The van der Waals surface area contributed by atoms with Gasteiger partial charge in [-0.1, -0.05) is 17.8 Å². The number of aromatic nitrogens is 2. The molecule has 0 aliphatic carbocycles. The van der Waals surface area contributed by atoms with Crippen molar-refractivity contribution in [3.05, 3.63) is 47.3 Å². The summed E-state index contributed by atoms with van der Waals surface area (Å²) < 4.78 is 5.44. The first kappa shape index (κ1) is 20.3. The number of nitrogens with one attached hydrogen (secondary N) is 1. The summed E-state index contributed by atoms with van der Waals surface area (Å²) in [4.78, 5) is 16.5. The number of aryl methyl sites for hydroxylation is 2. The minimum absolute atomic E-state index is 0.307. The normalized spacial score (nSPS) is 22.5. The predicted octanol–water partition coefficient (Wildman–Crippen LogP) is 3.81. The fraction of sp³-hybridized carbons (Fsp3) is 0.500. The highest BCUT2D eigenvalue weighted by Crippen LogP contribution is 2.32. The average molecular weight is 412 g/mol. The minimum Gasteiger partial charge on any atom is -0.379 e. The molecule has 154 valence electrons. The van der Waals surface area contributed by atoms with Gasteiger partial charge < -0.3 is 10.1 Å². The van der Waals surface area contributed by atoms with Gasteiger partial charge in [-0.3, -0.25) is 9.89 Å². The summed E-state index contributed by atoms with van der Waals surface area (Å²) in [5.41, 5.74) is 4.35. The maximum atomic E-state index is 5.44. The molecule has 29 heavy (non-hydrogen) atoms. The van der Waals surface area contributed by atoms with Crippen molar-refractivity contribution in [3.8, 4) is 0 Å². The van der Waals surface area contributed by atoms with Gasteiger partial charge in [0.2, 0.25) is 5.95 Å². The van der Waals surface area contributed by atoms with E-state index in [4.69, 9.17) is 14.7 Å². The molecule has 1 N–H and O–H groups in total. The first-order valence-electron chi connectivity index (χ1n) is 10.3. The van der Waals surface area contributed by atoms with Crippen LogP contribution in [0.3, 0.4) is 0 Å². The third-order valence-electron chi connectivity index (χ3n) is 5.31. The van der Waals surface area contributed by atoms with E-state index in [1.807, 2.05) is 24.0 Å². The fourth-order valence-corrected chi connectivity index (χ4v) is 5.04. The molecule has 3 heterocycles. The van der Waals surface area contributed by atoms with Crippen molar-refractivity contribution in [1.82, 2.24) is 14.9 Å². The van der Waals surface area contributed by atoms with Crippen LogP contribution in [0.5, 0.6) is 0 Å². The van der Waals surface area contributed by atoms with Crippen LogP contribution in [-0.4, -0.2) is 64.1 Å². The van der Waals surface area contributed by atoms with Crippen LogP contribution in [-0.2, 0) is 4.74 Å². The van der Waals surface area contributed by atoms with Crippen LogP contribution in [0.15, 0.2) is 35.5 Å². The SMILES string of the molecule is Cc1cc(C)cc(Nc2nccc(C3=NC(C)C(CCN4CCOCC4)S3)n2)c1.